The number of imidazole rings is 1. The Kier molecular flexibility index (Phi) is 4.90. The molecule has 3 aromatic rings. The number of methoxy groups -OCH3 is 1. The van der Waals surface area contributed by atoms with Crippen molar-refractivity contribution in [2.24, 2.45) is 11.1 Å². The third kappa shape index (κ3) is 3.12. The van der Waals surface area contributed by atoms with Crippen LogP contribution in [0.15, 0.2) is 60.2 Å². The molecule has 1 aromatic heterocycles. The second-order valence-electron chi connectivity index (χ2n) is 8.90. The first-order valence-electron chi connectivity index (χ1n) is 11.4. The summed E-state index contributed by atoms with van der Waals surface area (Å²) in [5.74, 6) is 1.44. The van der Waals surface area contributed by atoms with Crippen molar-refractivity contribution in [2.75, 3.05) is 13.7 Å². The number of hydrogen-bond donors (Lipinski definition) is 0. The maximum absolute atomic E-state index is 13.9. The minimum absolute atomic E-state index is 0.214. The first kappa shape index (κ1) is 20.9. The van der Waals surface area contributed by atoms with Gasteiger partial charge >= 0.3 is 0 Å². The first-order valence-corrected chi connectivity index (χ1v) is 11.4. The third-order valence-electron chi connectivity index (χ3n) is 7.04. The van der Waals surface area contributed by atoms with Crippen molar-refractivity contribution in [3.8, 4) is 11.4 Å². The van der Waals surface area contributed by atoms with E-state index < -0.39 is 12.4 Å². The van der Waals surface area contributed by atoms with E-state index in [-0.39, 0.29) is 11.7 Å². The number of hydrogen-bond acceptors (Lipinski definition) is 5. The van der Waals surface area contributed by atoms with Crippen molar-refractivity contribution >= 4 is 11.9 Å². The zero-order valence-corrected chi connectivity index (χ0v) is 18.7. The second kappa shape index (κ2) is 7.97. The van der Waals surface area contributed by atoms with Gasteiger partial charge in [0.15, 0.2) is 5.84 Å². The summed E-state index contributed by atoms with van der Waals surface area (Å²) < 4.78 is 34.1. The zero-order valence-electron chi connectivity index (χ0n) is 18.7. The zero-order chi connectivity index (χ0) is 23.3. The molecule has 2 aliphatic heterocycles. The van der Waals surface area contributed by atoms with Gasteiger partial charge in [-0.1, -0.05) is 17.3 Å². The fraction of sp³-hybridized carbons (Fsp3) is 0.308. The van der Waals surface area contributed by atoms with Crippen LogP contribution in [0.4, 0.5) is 8.78 Å². The van der Waals surface area contributed by atoms with Gasteiger partial charge in [0, 0.05) is 24.2 Å². The predicted molar refractivity (Wildman–Crippen MR) is 124 cm³/mol. The summed E-state index contributed by atoms with van der Waals surface area (Å²) in [5.41, 5.74) is 3.46. The summed E-state index contributed by atoms with van der Waals surface area (Å²) in [6.45, 7) is 0.217. The first-order chi connectivity index (χ1) is 16.6. The molecule has 1 fully saturated rings. The lowest BCUT2D eigenvalue weighted by Gasteiger charge is -2.42. The van der Waals surface area contributed by atoms with E-state index >= 15 is 0 Å². The summed E-state index contributed by atoms with van der Waals surface area (Å²) in [6.07, 6.45) is 10.0. The van der Waals surface area contributed by atoms with Crippen molar-refractivity contribution in [2.45, 2.75) is 31.7 Å². The SMILES string of the molecule is COc1cc(/C=C/C2=NO[C@@]34c5ccc(F)cc5C[C@@H]3CCCN24)ccc1-n1cnc(CF)c1. The van der Waals surface area contributed by atoms with Gasteiger partial charge in [-0.05, 0) is 66.8 Å². The molecule has 34 heavy (non-hydrogen) atoms. The van der Waals surface area contributed by atoms with Gasteiger partial charge in [-0.15, -0.1) is 0 Å². The van der Waals surface area contributed by atoms with Gasteiger partial charge in [0.25, 0.3) is 0 Å². The molecule has 0 amide bonds. The number of halogens is 2. The van der Waals surface area contributed by atoms with Crippen molar-refractivity contribution in [1.82, 2.24) is 14.5 Å². The number of amidine groups is 1. The van der Waals surface area contributed by atoms with E-state index in [9.17, 15) is 8.78 Å². The molecule has 0 radical (unpaired) electrons. The minimum atomic E-state index is -0.641. The highest BCUT2D eigenvalue weighted by Crippen LogP contribution is 2.53. The van der Waals surface area contributed by atoms with Gasteiger partial charge in [0.2, 0.25) is 5.72 Å². The third-order valence-corrected chi connectivity index (χ3v) is 7.04. The monoisotopic (exact) mass is 462 g/mol. The van der Waals surface area contributed by atoms with E-state index in [1.54, 1.807) is 30.3 Å². The fourth-order valence-electron chi connectivity index (χ4n) is 5.52. The van der Waals surface area contributed by atoms with Gasteiger partial charge in [-0.3, -0.25) is 0 Å². The van der Waals surface area contributed by atoms with Gasteiger partial charge in [0.1, 0.15) is 18.2 Å². The lowest BCUT2D eigenvalue weighted by atomic mass is 9.86. The largest absolute Gasteiger partial charge is 0.495 e. The maximum atomic E-state index is 13.9. The molecular weight excluding hydrogens is 438 g/mol. The Morgan fingerprint density at radius 3 is 2.97 bits per heavy atom. The summed E-state index contributed by atoms with van der Waals surface area (Å²) >= 11 is 0. The van der Waals surface area contributed by atoms with E-state index in [4.69, 9.17) is 9.57 Å². The molecule has 8 heteroatoms. The quantitative estimate of drug-likeness (QED) is 0.538. The Morgan fingerprint density at radius 1 is 1.24 bits per heavy atom. The number of oxime groups is 1. The summed E-state index contributed by atoms with van der Waals surface area (Å²) in [4.78, 5) is 12.4. The van der Waals surface area contributed by atoms with Gasteiger partial charge in [-0.2, -0.15) is 0 Å². The van der Waals surface area contributed by atoms with Gasteiger partial charge in [0.05, 0.1) is 24.8 Å². The molecular formula is C26H24F2N4O2. The molecule has 0 bridgehead atoms. The van der Waals surface area contributed by atoms with Crippen LogP contribution in [-0.2, 0) is 23.7 Å². The topological polar surface area (TPSA) is 51.9 Å². The predicted octanol–water partition coefficient (Wildman–Crippen LogP) is 4.97. The Hall–Kier alpha value is -3.68. The Balaban J connectivity index is 1.28. The van der Waals surface area contributed by atoms with Crippen molar-refractivity contribution in [1.29, 1.82) is 0 Å². The molecule has 1 spiro atoms. The maximum Gasteiger partial charge on any atom is 0.240 e. The number of piperidine rings is 1. The van der Waals surface area contributed by atoms with Gasteiger partial charge < -0.3 is 19.0 Å². The molecule has 1 saturated heterocycles. The number of benzene rings is 2. The van der Waals surface area contributed by atoms with E-state index in [1.165, 1.54) is 6.07 Å². The molecule has 2 aromatic carbocycles. The number of fused-ring (bicyclic) bond motifs is 1. The average Bonchev–Trinajstić information content (AvgIpc) is 3.56. The van der Waals surface area contributed by atoms with Crippen molar-refractivity contribution < 1.29 is 18.4 Å². The van der Waals surface area contributed by atoms with Crippen LogP contribution in [0, 0.1) is 11.7 Å². The van der Waals surface area contributed by atoms with Crippen molar-refractivity contribution in [3.63, 3.8) is 0 Å². The normalized spacial score (nSPS) is 22.9. The summed E-state index contributed by atoms with van der Waals surface area (Å²) in [5, 5.41) is 4.45. The Labute approximate surface area is 196 Å². The second-order valence-corrected chi connectivity index (χ2v) is 8.90. The molecule has 174 valence electrons. The fourth-order valence-corrected chi connectivity index (χ4v) is 5.52. The standard InChI is InChI=1S/C26H24F2N4O2/c1-33-24-11-17(4-8-23(24)31-15-21(14-27)29-16-31)5-9-25-30-34-26-19(3-2-10-32(25)26)12-18-13-20(28)6-7-22(18)26/h4-9,11,13,15-16,19H,2-3,10,12,14H2,1H3/b9-5+/t19-,26+/m0/s1. The van der Waals surface area contributed by atoms with Crippen molar-refractivity contribution in [3.05, 3.63) is 83.2 Å². The van der Waals surface area contributed by atoms with Crippen LogP contribution < -0.4 is 4.74 Å². The van der Waals surface area contributed by atoms with Crippen LogP contribution in [-0.4, -0.2) is 33.9 Å². The molecule has 3 heterocycles. The van der Waals surface area contributed by atoms with E-state index in [0.717, 1.165) is 54.0 Å². The lowest BCUT2D eigenvalue weighted by Crippen LogP contribution is -2.52. The van der Waals surface area contributed by atoms with Crippen LogP contribution in [0.5, 0.6) is 5.75 Å². The van der Waals surface area contributed by atoms with Crippen LogP contribution in [0.3, 0.4) is 0 Å². The van der Waals surface area contributed by atoms with Crippen LogP contribution in [0.25, 0.3) is 11.8 Å². The molecule has 1 aliphatic carbocycles. The molecule has 6 nitrogen and oxygen atoms in total. The lowest BCUT2D eigenvalue weighted by molar-refractivity contribution is -0.155. The minimum Gasteiger partial charge on any atom is -0.495 e. The smallest absolute Gasteiger partial charge is 0.240 e. The Bertz CT molecular complexity index is 1320. The number of nitrogens with zero attached hydrogens (tertiary/aromatic N) is 4. The number of ether oxygens (including phenoxy) is 1. The number of alkyl halides is 1. The highest BCUT2D eigenvalue weighted by Gasteiger charge is 2.58. The molecule has 0 unspecified atom stereocenters. The molecule has 0 N–H and O–H groups in total. The van der Waals surface area contributed by atoms with Gasteiger partial charge in [-0.25, -0.2) is 13.8 Å². The summed E-state index contributed by atoms with van der Waals surface area (Å²) in [6, 6.07) is 10.8. The van der Waals surface area contributed by atoms with Crippen LogP contribution in [0.1, 0.15) is 35.2 Å². The highest BCUT2D eigenvalue weighted by atomic mass is 19.1. The molecule has 2 atom stereocenters. The van der Waals surface area contributed by atoms with E-state index in [0.29, 0.717) is 11.4 Å². The summed E-state index contributed by atoms with van der Waals surface area (Å²) in [7, 11) is 1.60. The molecule has 6 rings (SSSR count). The van der Waals surface area contributed by atoms with Crippen LogP contribution >= 0.6 is 0 Å². The van der Waals surface area contributed by atoms with Crippen LogP contribution in [0.2, 0.25) is 0 Å². The highest BCUT2D eigenvalue weighted by molar-refractivity contribution is 5.97. The number of rotatable bonds is 5. The average molecular weight is 463 g/mol. The van der Waals surface area contributed by atoms with E-state index in [2.05, 4.69) is 15.0 Å². The molecule has 0 saturated carbocycles. The molecule has 3 aliphatic rings. The number of aromatic nitrogens is 2. The Morgan fingerprint density at radius 2 is 2.15 bits per heavy atom. The van der Waals surface area contributed by atoms with E-state index in [1.807, 2.05) is 36.4 Å².